The third kappa shape index (κ3) is 3.69. The van der Waals surface area contributed by atoms with Crippen molar-refractivity contribution in [2.45, 2.75) is 38.6 Å². The number of benzene rings is 2. The first-order chi connectivity index (χ1) is 12.7. The minimum Gasteiger partial charge on any atom is -0.493 e. The van der Waals surface area contributed by atoms with Crippen LogP contribution in [-0.2, 0) is 17.8 Å². The fourth-order valence-electron chi connectivity index (χ4n) is 3.70. The Kier molecular flexibility index (Phi) is 5.82. The van der Waals surface area contributed by atoms with E-state index in [9.17, 15) is 4.79 Å². The molecule has 1 aliphatic heterocycles. The molecule has 0 saturated heterocycles. The fourth-order valence-corrected chi connectivity index (χ4v) is 3.70. The van der Waals surface area contributed by atoms with Gasteiger partial charge in [-0.15, -0.1) is 0 Å². The topological polar surface area (TPSA) is 38.8 Å². The van der Waals surface area contributed by atoms with Gasteiger partial charge < -0.3 is 14.4 Å². The van der Waals surface area contributed by atoms with Gasteiger partial charge in [-0.1, -0.05) is 43.7 Å². The molecule has 138 valence electrons. The Morgan fingerprint density at radius 2 is 1.73 bits per heavy atom. The molecule has 4 nitrogen and oxygen atoms in total. The Labute approximate surface area is 155 Å². The van der Waals surface area contributed by atoms with Crippen LogP contribution in [0.1, 0.15) is 42.4 Å². The van der Waals surface area contributed by atoms with Gasteiger partial charge in [0.1, 0.15) is 0 Å². The van der Waals surface area contributed by atoms with Crippen molar-refractivity contribution in [2.75, 3.05) is 20.8 Å². The van der Waals surface area contributed by atoms with E-state index < -0.39 is 0 Å². The quantitative estimate of drug-likeness (QED) is 0.782. The zero-order chi connectivity index (χ0) is 18.5. The molecule has 0 bridgehead atoms. The van der Waals surface area contributed by atoms with Crippen LogP contribution in [0.3, 0.4) is 0 Å². The largest absolute Gasteiger partial charge is 0.493 e. The van der Waals surface area contributed by atoms with Crippen molar-refractivity contribution < 1.29 is 14.3 Å². The van der Waals surface area contributed by atoms with Crippen molar-refractivity contribution in [3.05, 3.63) is 59.2 Å². The number of amides is 1. The SMILES string of the molecule is CCCC(C(=O)N1CCc2cc(OC)c(OC)cc2C1)c1ccccc1. The highest BCUT2D eigenvalue weighted by atomic mass is 16.5. The summed E-state index contributed by atoms with van der Waals surface area (Å²) >= 11 is 0. The van der Waals surface area contributed by atoms with Crippen LogP contribution in [0.4, 0.5) is 0 Å². The maximum Gasteiger partial charge on any atom is 0.230 e. The number of carbonyl (C=O) groups is 1. The van der Waals surface area contributed by atoms with E-state index in [2.05, 4.69) is 19.1 Å². The molecule has 0 radical (unpaired) electrons. The Morgan fingerprint density at radius 1 is 1.08 bits per heavy atom. The zero-order valence-corrected chi connectivity index (χ0v) is 15.8. The second kappa shape index (κ2) is 8.26. The Bertz CT molecular complexity index is 757. The van der Waals surface area contributed by atoms with Gasteiger partial charge >= 0.3 is 0 Å². The van der Waals surface area contributed by atoms with Crippen LogP contribution >= 0.6 is 0 Å². The van der Waals surface area contributed by atoms with E-state index in [0.29, 0.717) is 12.3 Å². The van der Waals surface area contributed by atoms with E-state index in [4.69, 9.17) is 9.47 Å². The van der Waals surface area contributed by atoms with Gasteiger partial charge in [-0.3, -0.25) is 4.79 Å². The number of fused-ring (bicyclic) bond motifs is 1. The second-order valence-electron chi connectivity index (χ2n) is 6.74. The molecule has 2 aromatic rings. The summed E-state index contributed by atoms with van der Waals surface area (Å²) in [6, 6.07) is 14.2. The number of methoxy groups -OCH3 is 2. The number of hydrogen-bond acceptors (Lipinski definition) is 3. The first-order valence-electron chi connectivity index (χ1n) is 9.25. The summed E-state index contributed by atoms with van der Waals surface area (Å²) in [5.74, 6) is 1.62. The minimum atomic E-state index is -0.0668. The van der Waals surface area contributed by atoms with Gasteiger partial charge in [0.05, 0.1) is 20.1 Å². The van der Waals surface area contributed by atoms with Gasteiger partial charge in [0.15, 0.2) is 11.5 Å². The van der Waals surface area contributed by atoms with Crippen molar-refractivity contribution in [1.29, 1.82) is 0 Å². The lowest BCUT2D eigenvalue weighted by atomic mass is 9.91. The van der Waals surface area contributed by atoms with Crippen molar-refractivity contribution in [3.8, 4) is 11.5 Å². The summed E-state index contributed by atoms with van der Waals surface area (Å²) in [7, 11) is 3.29. The molecule has 26 heavy (non-hydrogen) atoms. The van der Waals surface area contributed by atoms with E-state index in [-0.39, 0.29) is 11.8 Å². The zero-order valence-electron chi connectivity index (χ0n) is 15.8. The van der Waals surface area contributed by atoms with E-state index in [1.54, 1.807) is 14.2 Å². The van der Waals surface area contributed by atoms with Crippen molar-refractivity contribution in [3.63, 3.8) is 0 Å². The monoisotopic (exact) mass is 353 g/mol. The highest BCUT2D eigenvalue weighted by molar-refractivity contribution is 5.84. The number of nitrogens with zero attached hydrogens (tertiary/aromatic N) is 1. The average molecular weight is 353 g/mol. The van der Waals surface area contributed by atoms with Crippen molar-refractivity contribution >= 4 is 5.91 Å². The fraction of sp³-hybridized carbons (Fsp3) is 0.409. The lowest BCUT2D eigenvalue weighted by molar-refractivity contribution is -0.134. The lowest BCUT2D eigenvalue weighted by Gasteiger charge is -2.32. The summed E-state index contributed by atoms with van der Waals surface area (Å²) in [5.41, 5.74) is 3.49. The molecule has 4 heteroatoms. The van der Waals surface area contributed by atoms with E-state index in [1.807, 2.05) is 35.2 Å². The number of ether oxygens (including phenoxy) is 2. The number of rotatable bonds is 6. The van der Waals surface area contributed by atoms with Gasteiger partial charge in [-0.2, -0.15) is 0 Å². The molecule has 0 aliphatic carbocycles. The summed E-state index contributed by atoms with van der Waals surface area (Å²) in [6.07, 6.45) is 2.70. The maximum absolute atomic E-state index is 13.2. The molecule has 1 atom stereocenters. The van der Waals surface area contributed by atoms with Crippen LogP contribution in [-0.4, -0.2) is 31.6 Å². The molecule has 1 unspecified atom stereocenters. The molecule has 0 spiro atoms. The van der Waals surface area contributed by atoms with Crippen LogP contribution in [0.25, 0.3) is 0 Å². The van der Waals surface area contributed by atoms with Crippen LogP contribution in [0.5, 0.6) is 11.5 Å². The third-order valence-electron chi connectivity index (χ3n) is 5.11. The molecule has 0 aromatic heterocycles. The summed E-state index contributed by atoms with van der Waals surface area (Å²) < 4.78 is 10.8. The van der Waals surface area contributed by atoms with Gasteiger partial charge in [0.2, 0.25) is 5.91 Å². The van der Waals surface area contributed by atoms with E-state index in [0.717, 1.165) is 42.7 Å². The predicted molar refractivity (Wildman–Crippen MR) is 103 cm³/mol. The Hall–Kier alpha value is -2.49. The van der Waals surface area contributed by atoms with Gasteiger partial charge in [-0.05, 0) is 41.7 Å². The molecule has 1 aliphatic rings. The summed E-state index contributed by atoms with van der Waals surface area (Å²) in [5, 5.41) is 0. The smallest absolute Gasteiger partial charge is 0.230 e. The van der Waals surface area contributed by atoms with Gasteiger partial charge in [0, 0.05) is 13.1 Å². The summed E-state index contributed by atoms with van der Waals surface area (Å²) in [4.78, 5) is 15.2. The van der Waals surface area contributed by atoms with Crippen LogP contribution in [0, 0.1) is 0 Å². The Balaban J connectivity index is 1.83. The average Bonchev–Trinajstić information content (AvgIpc) is 2.70. The highest BCUT2D eigenvalue weighted by Gasteiger charge is 2.28. The normalized spacial score (nSPS) is 14.5. The molecule has 2 aromatic carbocycles. The van der Waals surface area contributed by atoms with Crippen LogP contribution in [0.2, 0.25) is 0 Å². The first kappa shape index (κ1) is 18.3. The third-order valence-corrected chi connectivity index (χ3v) is 5.11. The molecule has 3 rings (SSSR count). The molecular weight excluding hydrogens is 326 g/mol. The molecule has 0 fully saturated rings. The van der Waals surface area contributed by atoms with Crippen LogP contribution in [0.15, 0.2) is 42.5 Å². The number of hydrogen-bond donors (Lipinski definition) is 0. The summed E-state index contributed by atoms with van der Waals surface area (Å²) in [6.45, 7) is 3.50. The van der Waals surface area contributed by atoms with Crippen molar-refractivity contribution in [2.24, 2.45) is 0 Å². The molecular formula is C22H27NO3. The number of carbonyl (C=O) groups excluding carboxylic acids is 1. The lowest BCUT2D eigenvalue weighted by Crippen LogP contribution is -2.39. The maximum atomic E-state index is 13.2. The molecule has 1 heterocycles. The van der Waals surface area contributed by atoms with Gasteiger partial charge in [-0.25, -0.2) is 0 Å². The Morgan fingerprint density at radius 3 is 2.35 bits per heavy atom. The molecule has 1 amide bonds. The van der Waals surface area contributed by atoms with E-state index >= 15 is 0 Å². The van der Waals surface area contributed by atoms with Crippen molar-refractivity contribution in [1.82, 2.24) is 4.90 Å². The first-order valence-corrected chi connectivity index (χ1v) is 9.25. The second-order valence-corrected chi connectivity index (χ2v) is 6.74. The van der Waals surface area contributed by atoms with Crippen LogP contribution < -0.4 is 9.47 Å². The minimum absolute atomic E-state index is 0.0668. The molecule has 0 N–H and O–H groups in total. The predicted octanol–water partition coefficient (Wildman–Crippen LogP) is 4.17. The van der Waals surface area contributed by atoms with E-state index in [1.165, 1.54) is 5.56 Å². The molecule has 0 saturated carbocycles. The van der Waals surface area contributed by atoms with Gasteiger partial charge in [0.25, 0.3) is 0 Å². The highest BCUT2D eigenvalue weighted by Crippen LogP contribution is 2.34. The standard InChI is InChI=1S/C22H27NO3/c1-4-8-19(16-9-6-5-7-10-16)22(24)23-12-11-17-13-20(25-2)21(26-3)14-18(17)15-23/h5-7,9-10,13-14,19H,4,8,11-12,15H2,1-3H3.